The summed E-state index contributed by atoms with van der Waals surface area (Å²) in [6.45, 7) is 0. The Bertz CT molecular complexity index is 4960. The third-order valence-electron chi connectivity index (χ3n) is 8.25. The van der Waals surface area contributed by atoms with Gasteiger partial charge in [-0.25, -0.2) is 15.0 Å². The molecule has 0 atom stereocenters. The van der Waals surface area contributed by atoms with Gasteiger partial charge in [-0.3, -0.25) is 0 Å². The number of rotatable bonds is 6. The van der Waals surface area contributed by atoms with Gasteiger partial charge in [0.1, 0.15) is 0 Å². The van der Waals surface area contributed by atoms with Gasteiger partial charge in [-0.05, 0) is 58.0 Å². The van der Waals surface area contributed by atoms with Gasteiger partial charge < -0.3 is 0 Å². The topological polar surface area (TPSA) is 38.7 Å². The molecule has 56 heavy (non-hydrogen) atoms. The lowest BCUT2D eigenvalue weighted by molar-refractivity contribution is 1.07. The Morgan fingerprint density at radius 1 is 0.304 bits per heavy atom. The summed E-state index contributed by atoms with van der Waals surface area (Å²) < 4.78 is 274. The Kier molecular flexibility index (Phi) is 3.39. The first-order chi connectivity index (χ1) is 40.6. The Labute approximate surface area is 375 Å². The van der Waals surface area contributed by atoms with Crippen molar-refractivity contribution in [3.63, 3.8) is 0 Å². The molecule has 5 heteroatoms. The lowest BCUT2D eigenvalue weighted by Gasteiger charge is -2.09. The first-order valence-electron chi connectivity index (χ1n) is 31.7. The quantitative estimate of drug-likeness (QED) is 0.169. The van der Waals surface area contributed by atoms with Crippen LogP contribution in [0, 0.1) is 0 Å². The summed E-state index contributed by atoms with van der Waals surface area (Å²) in [7, 11) is 0. The molecule has 0 saturated carbocycles. The van der Waals surface area contributed by atoms with Crippen LogP contribution in [0.2, 0.25) is 0 Å². The number of nitrogens with zero attached hydrogens (tertiary/aromatic N) is 3. The van der Waals surface area contributed by atoms with Crippen molar-refractivity contribution in [1.29, 1.82) is 0 Å². The molecule has 0 aliphatic carbocycles. The third-order valence-corrected chi connectivity index (χ3v) is 10.4. The molecule has 11 rings (SSSR count). The van der Waals surface area contributed by atoms with Gasteiger partial charge in [-0.15, -0.1) is 22.7 Å². The maximum absolute atomic E-state index is 9.78. The molecular weight excluding hydrogens is 719 g/mol. The molecule has 0 aliphatic rings. The SMILES string of the molecule is [2H]c1c([2H])c([2H])c(-c2nc(-c3c([2H])c([2H])c(-c4c([2H])c([2H])c([2H])c([2H])c4[2H])c([2H])c3[2H])nc(-c3c([2H])c([2H])c4c(sc5c([2H])c(-c6c([2H])c(-c7c([2H])c([2H])c([2H])c([2H])c7[2H])c7sc8c([2H])c([2H])c([2H])c([2H])c8c7c6[2H])c([2H])c([2H])c54)c3[2H])n2)c([2H])c1[2H]. The highest BCUT2D eigenvalue weighted by atomic mass is 32.1. The molecule has 0 spiro atoms. The lowest BCUT2D eigenvalue weighted by atomic mass is 9.95. The smallest absolute Gasteiger partial charge is 0.164 e. The second-order valence-corrected chi connectivity index (χ2v) is 13.6. The van der Waals surface area contributed by atoms with Crippen LogP contribution in [0.25, 0.3) is 108 Å². The summed E-state index contributed by atoms with van der Waals surface area (Å²) >= 11 is 1.17. The van der Waals surface area contributed by atoms with Crippen LogP contribution in [-0.4, -0.2) is 15.0 Å². The van der Waals surface area contributed by atoms with E-state index in [2.05, 4.69) is 15.0 Å². The summed E-state index contributed by atoms with van der Waals surface area (Å²) in [5, 5.41) is -1.34. The number of hydrogen-bond donors (Lipinski definition) is 0. The van der Waals surface area contributed by atoms with Crippen molar-refractivity contribution in [2.75, 3.05) is 0 Å². The highest BCUT2D eigenvalue weighted by Gasteiger charge is 2.17. The van der Waals surface area contributed by atoms with Crippen LogP contribution < -0.4 is 0 Å². The van der Waals surface area contributed by atoms with Crippen molar-refractivity contribution in [2.45, 2.75) is 0 Å². The maximum Gasteiger partial charge on any atom is 0.164 e. The average molecular weight is 781 g/mol. The zero-order valence-electron chi connectivity index (χ0n) is 58.7. The van der Waals surface area contributed by atoms with Gasteiger partial charge in [0.15, 0.2) is 17.5 Å². The van der Waals surface area contributed by atoms with E-state index in [0.29, 0.717) is 22.7 Å². The highest BCUT2D eigenvalue weighted by molar-refractivity contribution is 7.26. The van der Waals surface area contributed by atoms with Crippen LogP contribution in [0.15, 0.2) is 187 Å². The van der Waals surface area contributed by atoms with E-state index in [0.717, 1.165) is 0 Å². The van der Waals surface area contributed by atoms with E-state index in [-0.39, 0.29) is 40.3 Å². The van der Waals surface area contributed by atoms with Crippen molar-refractivity contribution in [2.24, 2.45) is 0 Å². The van der Waals surface area contributed by atoms with E-state index in [1.165, 1.54) is 0 Å². The van der Waals surface area contributed by atoms with Crippen LogP contribution in [0.1, 0.15) is 42.5 Å². The molecule has 0 N–H and O–H groups in total. The van der Waals surface area contributed by atoms with E-state index in [4.69, 9.17) is 28.8 Å². The molecule has 8 aromatic carbocycles. The van der Waals surface area contributed by atoms with E-state index in [1.807, 2.05) is 0 Å². The largest absolute Gasteiger partial charge is 0.208 e. The summed E-state index contributed by atoms with van der Waals surface area (Å²) in [5.41, 5.74) is -6.07. The molecule has 262 valence electrons. The van der Waals surface area contributed by atoms with Gasteiger partial charge in [0.2, 0.25) is 0 Å². The molecule has 0 unspecified atom stereocenters. The Morgan fingerprint density at radius 2 is 0.768 bits per heavy atom. The number of benzene rings is 8. The molecule has 0 bridgehead atoms. The summed E-state index contributed by atoms with van der Waals surface area (Å²) in [4.78, 5) is 13.0. The zero-order valence-corrected chi connectivity index (χ0v) is 29.3. The fourth-order valence-corrected chi connectivity index (χ4v) is 7.84. The van der Waals surface area contributed by atoms with Gasteiger partial charge in [0.25, 0.3) is 0 Å². The van der Waals surface area contributed by atoms with Crippen LogP contribution >= 0.6 is 22.7 Å². The van der Waals surface area contributed by atoms with Gasteiger partial charge in [0.05, 0.1) is 42.5 Å². The summed E-state index contributed by atoms with van der Waals surface area (Å²) in [6.07, 6.45) is 0. The molecule has 0 aliphatic heterocycles. The molecule has 0 radical (unpaired) electrons. The van der Waals surface area contributed by atoms with E-state index in [1.54, 1.807) is 0 Å². The molecule has 3 heterocycles. The van der Waals surface area contributed by atoms with Crippen molar-refractivity contribution in [1.82, 2.24) is 15.0 Å². The van der Waals surface area contributed by atoms with Crippen molar-refractivity contribution in [3.05, 3.63) is 187 Å². The Balaban J connectivity index is 1.23. The van der Waals surface area contributed by atoms with E-state index < -0.39 is 255 Å². The third kappa shape index (κ3) is 5.77. The summed E-state index contributed by atoms with van der Waals surface area (Å²) in [5.74, 6) is -2.50. The molecule has 3 aromatic heterocycles. The Morgan fingerprint density at radius 3 is 1.45 bits per heavy atom. The number of aromatic nitrogens is 3. The van der Waals surface area contributed by atoms with Crippen LogP contribution in [-0.2, 0) is 0 Å². The fraction of sp³-hybridized carbons (Fsp3) is 0. The van der Waals surface area contributed by atoms with Gasteiger partial charge in [-0.2, -0.15) is 0 Å². The van der Waals surface area contributed by atoms with E-state index in [9.17, 15) is 13.7 Å². The molecule has 0 saturated heterocycles. The van der Waals surface area contributed by atoms with Gasteiger partial charge in [0, 0.05) is 62.6 Å². The summed E-state index contributed by atoms with van der Waals surface area (Å²) in [6, 6.07) is -26.0. The van der Waals surface area contributed by atoms with Crippen molar-refractivity contribution < 1.29 is 42.5 Å². The number of thiophene rings is 2. The van der Waals surface area contributed by atoms with Crippen LogP contribution in [0.4, 0.5) is 0 Å². The normalized spacial score (nSPS) is 19.3. The molecule has 3 nitrogen and oxygen atoms in total. The second kappa shape index (κ2) is 13.5. The molecular formula is C51H31N3S2. The monoisotopic (exact) mass is 780 g/mol. The molecule has 0 amide bonds. The van der Waals surface area contributed by atoms with Crippen LogP contribution in [0.5, 0.6) is 0 Å². The van der Waals surface area contributed by atoms with E-state index >= 15 is 0 Å². The minimum Gasteiger partial charge on any atom is -0.208 e. The Hall–Kier alpha value is -6.79. The van der Waals surface area contributed by atoms with Crippen molar-refractivity contribution in [3.8, 4) is 67.5 Å². The molecule has 0 fully saturated rings. The van der Waals surface area contributed by atoms with Crippen molar-refractivity contribution >= 4 is 63.0 Å². The average Bonchev–Trinajstić information content (AvgIpc) is 1.63. The molecule has 11 aromatic rings. The first-order valence-corrected chi connectivity index (χ1v) is 17.8. The standard InChI is InChI=1S/C51H31N3S2/c1-4-12-32(13-5-1)33-20-22-36(23-21-33)50-52-49(35-16-8-3-9-17-35)53-51(54-50)38-25-27-42-41-26-24-37(30-46(41)55-47(42)31-38)39-28-43(34-14-6-2-7-15-34)48-44(29-39)40-18-10-11-19-45(40)56-48/h1-31H/i1D,2D,3D,4D,5D,6D,7D,8D,9D,10D,11D,12D,13D,14D,15D,16D,17D,18D,19D,20D,21D,22D,23D,24D,25D,26D,27D,28D,29D,30D,31D. The predicted molar refractivity (Wildman–Crippen MR) is 238 cm³/mol. The first kappa shape index (κ1) is 14.1. The number of fused-ring (bicyclic) bond motifs is 6. The predicted octanol–water partition coefficient (Wildman–Crippen LogP) is 14.6. The zero-order chi connectivity index (χ0) is 64.0. The van der Waals surface area contributed by atoms with Gasteiger partial charge >= 0.3 is 0 Å². The maximum atomic E-state index is 9.78. The lowest BCUT2D eigenvalue weighted by Crippen LogP contribution is -2.00. The fourth-order valence-electron chi connectivity index (χ4n) is 5.75. The highest BCUT2D eigenvalue weighted by Crippen LogP contribution is 2.44. The van der Waals surface area contributed by atoms with Gasteiger partial charge in [-0.1, -0.05) is 157 Å². The minimum atomic E-state index is -1.00. The number of hydrogen-bond acceptors (Lipinski definition) is 5. The van der Waals surface area contributed by atoms with Crippen LogP contribution in [0.3, 0.4) is 0 Å². The minimum absolute atomic E-state index is 0.153. The second-order valence-electron chi connectivity index (χ2n) is 11.6.